The first kappa shape index (κ1) is 14.9. The van der Waals surface area contributed by atoms with Crippen LogP contribution in [0.3, 0.4) is 0 Å². The van der Waals surface area contributed by atoms with Crippen LogP contribution in [0.15, 0.2) is 0 Å². The molecule has 1 aliphatic heterocycles. The molecular weight excluding hydrogens is 232 g/mol. The highest BCUT2D eigenvalue weighted by Crippen LogP contribution is 1.95. The highest BCUT2D eigenvalue weighted by Gasteiger charge is 2.11. The van der Waals surface area contributed by atoms with Crippen molar-refractivity contribution >= 4 is 11.8 Å². The van der Waals surface area contributed by atoms with Crippen LogP contribution in [0.5, 0.6) is 0 Å². The summed E-state index contributed by atoms with van der Waals surface area (Å²) >= 11 is 0. The molecule has 6 nitrogen and oxygen atoms in total. The molecule has 1 aliphatic rings. The first-order chi connectivity index (χ1) is 8.68. The van der Waals surface area contributed by atoms with Crippen molar-refractivity contribution in [2.75, 3.05) is 39.3 Å². The first-order valence-electron chi connectivity index (χ1n) is 6.66. The molecule has 4 N–H and O–H groups in total. The molecule has 0 radical (unpaired) electrons. The van der Waals surface area contributed by atoms with E-state index < -0.39 is 0 Å². The minimum atomic E-state index is -0.279. The van der Waals surface area contributed by atoms with E-state index in [4.69, 9.17) is 5.73 Å². The summed E-state index contributed by atoms with van der Waals surface area (Å²) < 4.78 is 0. The Kier molecular flexibility index (Phi) is 7.36. The number of carbonyl (C=O) groups is 2. The standard InChI is InChI=1S/C12H24N4O2/c13-11(17)4-1-2-6-15-12(18)10-16-8-3-5-14-7-9-16/h14H,1-10H2,(H2,13,17)(H,15,18). The molecule has 0 saturated carbocycles. The Bertz CT molecular complexity index is 263. The second-order valence-corrected chi connectivity index (χ2v) is 4.65. The Balaban J connectivity index is 2.03. The van der Waals surface area contributed by atoms with Crippen molar-refractivity contribution in [3.63, 3.8) is 0 Å². The van der Waals surface area contributed by atoms with Crippen molar-refractivity contribution in [3.8, 4) is 0 Å². The zero-order valence-electron chi connectivity index (χ0n) is 10.9. The van der Waals surface area contributed by atoms with E-state index in [-0.39, 0.29) is 11.8 Å². The minimum absolute atomic E-state index is 0.0657. The van der Waals surface area contributed by atoms with E-state index >= 15 is 0 Å². The van der Waals surface area contributed by atoms with Crippen molar-refractivity contribution in [3.05, 3.63) is 0 Å². The van der Waals surface area contributed by atoms with E-state index in [0.29, 0.717) is 19.5 Å². The predicted octanol–water partition coefficient (Wildman–Crippen LogP) is -0.946. The summed E-state index contributed by atoms with van der Waals surface area (Å²) in [7, 11) is 0. The lowest BCUT2D eigenvalue weighted by atomic mass is 10.2. The SMILES string of the molecule is NC(=O)CCCCNC(=O)CN1CCCNCC1. The number of amides is 2. The predicted molar refractivity (Wildman–Crippen MR) is 70.0 cm³/mol. The molecular formula is C12H24N4O2. The van der Waals surface area contributed by atoms with E-state index in [1.165, 1.54) is 0 Å². The number of nitrogens with zero attached hydrogens (tertiary/aromatic N) is 1. The van der Waals surface area contributed by atoms with Gasteiger partial charge in [-0.05, 0) is 32.4 Å². The Hall–Kier alpha value is -1.14. The highest BCUT2D eigenvalue weighted by molar-refractivity contribution is 5.78. The van der Waals surface area contributed by atoms with Crippen molar-refractivity contribution in [2.45, 2.75) is 25.7 Å². The summed E-state index contributed by atoms with van der Waals surface area (Å²) in [4.78, 5) is 24.3. The number of nitrogens with two attached hydrogens (primary N) is 1. The van der Waals surface area contributed by atoms with Crippen LogP contribution >= 0.6 is 0 Å². The summed E-state index contributed by atoms with van der Waals surface area (Å²) in [6.07, 6.45) is 3.03. The largest absolute Gasteiger partial charge is 0.370 e. The molecule has 1 heterocycles. The van der Waals surface area contributed by atoms with Gasteiger partial charge >= 0.3 is 0 Å². The average Bonchev–Trinajstić information content (AvgIpc) is 2.56. The normalized spacial score (nSPS) is 17.1. The van der Waals surface area contributed by atoms with Crippen LogP contribution < -0.4 is 16.4 Å². The molecule has 0 aromatic carbocycles. The molecule has 2 amide bonds. The molecule has 0 bridgehead atoms. The maximum atomic E-state index is 11.7. The van der Waals surface area contributed by atoms with Crippen LogP contribution in [0.25, 0.3) is 0 Å². The summed E-state index contributed by atoms with van der Waals surface area (Å²) in [5.41, 5.74) is 5.03. The molecule has 1 fully saturated rings. The third kappa shape index (κ3) is 7.24. The summed E-state index contributed by atoms with van der Waals surface area (Å²) in [6.45, 7) is 4.98. The summed E-state index contributed by atoms with van der Waals surface area (Å²) in [5.74, 6) is -0.214. The molecule has 0 aromatic rings. The van der Waals surface area contributed by atoms with Crippen molar-refractivity contribution < 1.29 is 9.59 Å². The van der Waals surface area contributed by atoms with Gasteiger partial charge in [-0.2, -0.15) is 0 Å². The van der Waals surface area contributed by atoms with Crippen LogP contribution in [0, 0.1) is 0 Å². The van der Waals surface area contributed by atoms with Gasteiger partial charge in [0.25, 0.3) is 0 Å². The van der Waals surface area contributed by atoms with Crippen molar-refractivity contribution in [2.24, 2.45) is 5.73 Å². The summed E-state index contributed by atoms with van der Waals surface area (Å²) in [6, 6.07) is 0. The summed E-state index contributed by atoms with van der Waals surface area (Å²) in [5, 5.41) is 6.17. The smallest absolute Gasteiger partial charge is 0.234 e. The number of unbranched alkanes of at least 4 members (excludes halogenated alkanes) is 1. The van der Waals surface area contributed by atoms with Crippen LogP contribution in [-0.4, -0.2) is 56.0 Å². The fourth-order valence-electron chi connectivity index (χ4n) is 1.97. The second kappa shape index (κ2) is 8.88. The maximum absolute atomic E-state index is 11.7. The van der Waals surface area contributed by atoms with Crippen molar-refractivity contribution in [1.29, 1.82) is 0 Å². The number of hydrogen-bond donors (Lipinski definition) is 3. The third-order valence-corrected chi connectivity index (χ3v) is 2.97. The van der Waals surface area contributed by atoms with E-state index in [1.807, 2.05) is 0 Å². The molecule has 6 heteroatoms. The van der Waals surface area contributed by atoms with Gasteiger partial charge < -0.3 is 16.4 Å². The Morgan fingerprint density at radius 1 is 1.22 bits per heavy atom. The number of hydrogen-bond acceptors (Lipinski definition) is 4. The molecule has 0 atom stereocenters. The monoisotopic (exact) mass is 256 g/mol. The fourth-order valence-corrected chi connectivity index (χ4v) is 1.97. The zero-order chi connectivity index (χ0) is 13.2. The maximum Gasteiger partial charge on any atom is 0.234 e. The lowest BCUT2D eigenvalue weighted by molar-refractivity contribution is -0.122. The molecule has 0 aromatic heterocycles. The third-order valence-electron chi connectivity index (χ3n) is 2.97. The van der Waals surface area contributed by atoms with Crippen molar-refractivity contribution in [1.82, 2.24) is 15.5 Å². The van der Waals surface area contributed by atoms with Gasteiger partial charge in [-0.25, -0.2) is 0 Å². The van der Waals surface area contributed by atoms with Crippen LogP contribution in [-0.2, 0) is 9.59 Å². The Morgan fingerprint density at radius 3 is 2.83 bits per heavy atom. The minimum Gasteiger partial charge on any atom is -0.370 e. The van der Waals surface area contributed by atoms with Gasteiger partial charge in [0.05, 0.1) is 6.54 Å². The molecule has 1 saturated heterocycles. The number of carbonyl (C=O) groups excluding carboxylic acids is 2. The molecule has 0 unspecified atom stereocenters. The molecule has 18 heavy (non-hydrogen) atoms. The van der Waals surface area contributed by atoms with E-state index in [1.54, 1.807) is 0 Å². The molecule has 0 spiro atoms. The van der Waals surface area contributed by atoms with Crippen LogP contribution in [0.4, 0.5) is 0 Å². The quantitative estimate of drug-likeness (QED) is 0.513. The van der Waals surface area contributed by atoms with Crippen LogP contribution in [0.1, 0.15) is 25.7 Å². The van der Waals surface area contributed by atoms with E-state index in [0.717, 1.165) is 45.4 Å². The van der Waals surface area contributed by atoms with Gasteiger partial charge in [0.15, 0.2) is 0 Å². The molecule has 104 valence electrons. The fraction of sp³-hybridized carbons (Fsp3) is 0.833. The van der Waals surface area contributed by atoms with Gasteiger partial charge in [-0.15, -0.1) is 0 Å². The number of rotatable bonds is 7. The number of nitrogens with one attached hydrogen (secondary N) is 2. The van der Waals surface area contributed by atoms with Gasteiger partial charge in [-0.1, -0.05) is 0 Å². The highest BCUT2D eigenvalue weighted by atomic mass is 16.2. The van der Waals surface area contributed by atoms with Gasteiger partial charge in [0, 0.05) is 26.1 Å². The van der Waals surface area contributed by atoms with E-state index in [2.05, 4.69) is 15.5 Å². The Morgan fingerprint density at radius 2 is 2.06 bits per heavy atom. The number of primary amides is 1. The van der Waals surface area contributed by atoms with Crippen LogP contribution in [0.2, 0.25) is 0 Å². The zero-order valence-corrected chi connectivity index (χ0v) is 10.9. The van der Waals surface area contributed by atoms with Gasteiger partial charge in [0.1, 0.15) is 0 Å². The molecule has 1 rings (SSSR count). The average molecular weight is 256 g/mol. The van der Waals surface area contributed by atoms with Gasteiger partial charge in [0.2, 0.25) is 11.8 Å². The van der Waals surface area contributed by atoms with Gasteiger partial charge in [-0.3, -0.25) is 14.5 Å². The topological polar surface area (TPSA) is 87.5 Å². The lowest BCUT2D eigenvalue weighted by Gasteiger charge is -2.18. The second-order valence-electron chi connectivity index (χ2n) is 4.65. The Labute approximate surface area is 108 Å². The van der Waals surface area contributed by atoms with E-state index in [9.17, 15) is 9.59 Å². The lowest BCUT2D eigenvalue weighted by Crippen LogP contribution is -2.39. The molecule has 0 aliphatic carbocycles. The first-order valence-corrected chi connectivity index (χ1v) is 6.66.